The summed E-state index contributed by atoms with van der Waals surface area (Å²) in [7, 11) is 1.65. The van der Waals surface area contributed by atoms with Crippen molar-refractivity contribution in [2.24, 2.45) is 0 Å². The van der Waals surface area contributed by atoms with E-state index in [4.69, 9.17) is 0 Å². The molecule has 16 heavy (non-hydrogen) atoms. The number of benzene rings is 1. The molecule has 0 aromatic heterocycles. The van der Waals surface area contributed by atoms with Crippen LogP contribution in [0.1, 0.15) is 17.5 Å². The molecule has 0 fully saturated rings. The molecular formula is C13H17NOS. The number of nitrogens with one attached hydrogen (secondary N) is 1. The van der Waals surface area contributed by atoms with Crippen LogP contribution in [-0.4, -0.2) is 18.7 Å². The SMILES string of the molecule is CNC(=O)Cc1ccc(C=CCCS)cc1. The molecule has 0 saturated carbocycles. The Bertz CT molecular complexity index is 357. The van der Waals surface area contributed by atoms with E-state index in [-0.39, 0.29) is 5.91 Å². The van der Waals surface area contributed by atoms with Gasteiger partial charge in [-0.25, -0.2) is 0 Å². The zero-order valence-corrected chi connectivity index (χ0v) is 10.3. The van der Waals surface area contributed by atoms with Crippen LogP contribution in [0.4, 0.5) is 0 Å². The molecule has 0 bridgehead atoms. The highest BCUT2D eigenvalue weighted by Crippen LogP contribution is 2.07. The third kappa shape index (κ3) is 4.53. The van der Waals surface area contributed by atoms with Gasteiger partial charge in [0.2, 0.25) is 5.91 Å². The number of rotatable bonds is 5. The van der Waals surface area contributed by atoms with Crippen molar-refractivity contribution in [2.45, 2.75) is 12.8 Å². The fourth-order valence-electron chi connectivity index (χ4n) is 1.31. The van der Waals surface area contributed by atoms with Crippen LogP contribution < -0.4 is 5.32 Å². The van der Waals surface area contributed by atoms with Crippen molar-refractivity contribution >= 4 is 24.6 Å². The van der Waals surface area contributed by atoms with Crippen LogP contribution in [0.2, 0.25) is 0 Å². The summed E-state index contributed by atoms with van der Waals surface area (Å²) < 4.78 is 0. The summed E-state index contributed by atoms with van der Waals surface area (Å²) in [6, 6.07) is 8.01. The molecule has 0 radical (unpaired) electrons. The van der Waals surface area contributed by atoms with Crippen molar-refractivity contribution in [1.82, 2.24) is 5.32 Å². The van der Waals surface area contributed by atoms with E-state index in [1.807, 2.05) is 24.3 Å². The maximum Gasteiger partial charge on any atom is 0.224 e. The molecular weight excluding hydrogens is 218 g/mol. The van der Waals surface area contributed by atoms with Crippen LogP contribution in [0, 0.1) is 0 Å². The molecule has 1 N–H and O–H groups in total. The number of allylic oxidation sites excluding steroid dienone is 1. The van der Waals surface area contributed by atoms with Gasteiger partial charge in [-0.2, -0.15) is 12.6 Å². The van der Waals surface area contributed by atoms with Gasteiger partial charge >= 0.3 is 0 Å². The zero-order valence-electron chi connectivity index (χ0n) is 9.44. The van der Waals surface area contributed by atoms with Gasteiger partial charge in [-0.3, -0.25) is 4.79 Å². The molecule has 1 amide bonds. The Balaban J connectivity index is 2.57. The van der Waals surface area contributed by atoms with Crippen LogP contribution in [0.15, 0.2) is 30.3 Å². The molecule has 0 atom stereocenters. The molecule has 2 nitrogen and oxygen atoms in total. The Morgan fingerprint density at radius 1 is 1.38 bits per heavy atom. The number of hydrogen-bond donors (Lipinski definition) is 2. The summed E-state index contributed by atoms with van der Waals surface area (Å²) >= 11 is 4.14. The van der Waals surface area contributed by atoms with Crippen LogP contribution >= 0.6 is 12.6 Å². The number of carbonyl (C=O) groups is 1. The monoisotopic (exact) mass is 235 g/mol. The lowest BCUT2D eigenvalue weighted by Gasteiger charge is -2.00. The first-order chi connectivity index (χ1) is 7.76. The van der Waals surface area contributed by atoms with Gasteiger partial charge in [0.1, 0.15) is 0 Å². The minimum atomic E-state index is 0.0402. The Morgan fingerprint density at radius 3 is 2.62 bits per heavy atom. The van der Waals surface area contributed by atoms with E-state index in [9.17, 15) is 4.79 Å². The summed E-state index contributed by atoms with van der Waals surface area (Å²) in [6.07, 6.45) is 5.58. The van der Waals surface area contributed by atoms with Crippen molar-refractivity contribution in [3.63, 3.8) is 0 Å². The van der Waals surface area contributed by atoms with E-state index < -0.39 is 0 Å². The fraction of sp³-hybridized carbons (Fsp3) is 0.308. The molecule has 0 aliphatic rings. The average Bonchev–Trinajstić information content (AvgIpc) is 2.31. The standard InChI is InChI=1S/C13H17NOS/c1-14-13(15)10-12-7-5-11(6-8-12)4-2-3-9-16/h2,4-8,16H,3,9-10H2,1H3,(H,14,15). The van der Waals surface area contributed by atoms with Gasteiger partial charge < -0.3 is 5.32 Å². The maximum atomic E-state index is 11.1. The summed E-state index contributed by atoms with van der Waals surface area (Å²) in [5.41, 5.74) is 2.19. The third-order valence-electron chi connectivity index (χ3n) is 2.23. The van der Waals surface area contributed by atoms with E-state index in [0.717, 1.165) is 23.3 Å². The molecule has 1 aromatic rings. The molecule has 0 heterocycles. The summed E-state index contributed by atoms with van der Waals surface area (Å²) in [6.45, 7) is 0. The van der Waals surface area contributed by atoms with Crippen molar-refractivity contribution in [1.29, 1.82) is 0 Å². The first-order valence-corrected chi connectivity index (χ1v) is 5.96. The van der Waals surface area contributed by atoms with E-state index in [2.05, 4.69) is 30.1 Å². The van der Waals surface area contributed by atoms with Crippen LogP contribution in [0.5, 0.6) is 0 Å². The lowest BCUT2D eigenvalue weighted by atomic mass is 10.1. The molecule has 1 rings (SSSR count). The molecule has 0 spiro atoms. The number of carbonyl (C=O) groups excluding carboxylic acids is 1. The Kier molecular flexibility index (Phi) is 5.72. The first-order valence-electron chi connectivity index (χ1n) is 5.33. The second-order valence-electron chi connectivity index (χ2n) is 3.51. The molecule has 0 aliphatic heterocycles. The Labute approximate surface area is 102 Å². The number of hydrogen-bond acceptors (Lipinski definition) is 2. The molecule has 0 saturated heterocycles. The van der Waals surface area contributed by atoms with Gasteiger partial charge in [0.05, 0.1) is 6.42 Å². The minimum Gasteiger partial charge on any atom is -0.359 e. The second kappa shape index (κ2) is 7.12. The Morgan fingerprint density at radius 2 is 2.06 bits per heavy atom. The lowest BCUT2D eigenvalue weighted by Crippen LogP contribution is -2.19. The van der Waals surface area contributed by atoms with Crippen LogP contribution in [0.3, 0.4) is 0 Å². The quantitative estimate of drug-likeness (QED) is 0.753. The number of thiol groups is 1. The average molecular weight is 235 g/mol. The summed E-state index contributed by atoms with van der Waals surface area (Å²) in [5.74, 6) is 0.906. The predicted octanol–water partition coefficient (Wildman–Crippen LogP) is 2.31. The third-order valence-corrected chi connectivity index (χ3v) is 2.49. The maximum absolute atomic E-state index is 11.1. The minimum absolute atomic E-state index is 0.0402. The molecule has 0 aliphatic carbocycles. The van der Waals surface area contributed by atoms with Gasteiger partial charge in [0, 0.05) is 7.05 Å². The van der Waals surface area contributed by atoms with E-state index in [1.165, 1.54) is 0 Å². The van der Waals surface area contributed by atoms with Crippen molar-refractivity contribution < 1.29 is 4.79 Å². The van der Waals surface area contributed by atoms with Gasteiger partial charge in [-0.1, -0.05) is 36.4 Å². The van der Waals surface area contributed by atoms with Crippen LogP contribution in [-0.2, 0) is 11.2 Å². The second-order valence-corrected chi connectivity index (χ2v) is 3.95. The Hall–Kier alpha value is -1.22. The summed E-state index contributed by atoms with van der Waals surface area (Å²) in [4.78, 5) is 11.1. The van der Waals surface area contributed by atoms with Gasteiger partial charge in [-0.05, 0) is 23.3 Å². The van der Waals surface area contributed by atoms with Gasteiger partial charge in [0.15, 0.2) is 0 Å². The molecule has 0 unspecified atom stereocenters. The summed E-state index contributed by atoms with van der Waals surface area (Å²) in [5, 5.41) is 2.61. The zero-order chi connectivity index (χ0) is 11.8. The van der Waals surface area contributed by atoms with Crippen molar-refractivity contribution in [3.05, 3.63) is 41.5 Å². The van der Waals surface area contributed by atoms with E-state index >= 15 is 0 Å². The van der Waals surface area contributed by atoms with Crippen molar-refractivity contribution in [2.75, 3.05) is 12.8 Å². The highest BCUT2D eigenvalue weighted by Gasteiger charge is 1.99. The molecule has 1 aromatic carbocycles. The van der Waals surface area contributed by atoms with E-state index in [1.54, 1.807) is 7.05 Å². The predicted molar refractivity (Wildman–Crippen MR) is 71.7 cm³/mol. The van der Waals surface area contributed by atoms with E-state index in [0.29, 0.717) is 6.42 Å². The normalized spacial score (nSPS) is 10.6. The largest absolute Gasteiger partial charge is 0.359 e. The van der Waals surface area contributed by atoms with Crippen molar-refractivity contribution in [3.8, 4) is 0 Å². The highest BCUT2D eigenvalue weighted by atomic mass is 32.1. The smallest absolute Gasteiger partial charge is 0.224 e. The van der Waals surface area contributed by atoms with Crippen LogP contribution in [0.25, 0.3) is 6.08 Å². The van der Waals surface area contributed by atoms with Gasteiger partial charge in [-0.15, -0.1) is 0 Å². The number of likely N-dealkylation sites (N-methyl/N-ethyl adjacent to an activating group) is 1. The lowest BCUT2D eigenvalue weighted by molar-refractivity contribution is -0.119. The first kappa shape index (κ1) is 12.8. The molecule has 86 valence electrons. The topological polar surface area (TPSA) is 29.1 Å². The molecule has 3 heteroatoms. The number of amides is 1. The fourth-order valence-corrected chi connectivity index (χ4v) is 1.46. The highest BCUT2D eigenvalue weighted by molar-refractivity contribution is 7.80. The van der Waals surface area contributed by atoms with Gasteiger partial charge in [0.25, 0.3) is 0 Å².